The molecule has 3 nitrogen and oxygen atoms in total. The second kappa shape index (κ2) is 6.35. The zero-order chi connectivity index (χ0) is 13.8. The number of carbonyl (C=O) groups is 1. The summed E-state index contributed by atoms with van der Waals surface area (Å²) >= 11 is 5.76. The lowest BCUT2D eigenvalue weighted by molar-refractivity contribution is -0.143. The largest absolute Gasteiger partial charge is 0.481 e. The summed E-state index contributed by atoms with van der Waals surface area (Å²) in [5.41, 5.74) is 0.699. The second-order valence-corrected chi connectivity index (χ2v) is 5.34. The van der Waals surface area contributed by atoms with E-state index in [1.807, 2.05) is 0 Å². The van der Waals surface area contributed by atoms with Crippen LogP contribution in [0.5, 0.6) is 0 Å². The van der Waals surface area contributed by atoms with Gasteiger partial charge in [-0.3, -0.25) is 4.79 Å². The summed E-state index contributed by atoms with van der Waals surface area (Å²) in [5, 5.41) is 9.25. The molecule has 5 heteroatoms. The molecule has 0 atom stereocenters. The van der Waals surface area contributed by atoms with Crippen molar-refractivity contribution in [2.24, 2.45) is 5.92 Å². The van der Waals surface area contributed by atoms with Crippen molar-refractivity contribution in [2.45, 2.75) is 38.4 Å². The SMILES string of the molecule is O=C(O)[C@H]1CC[C@H](OCc2cc(F)cc(Cl)c2)CC1. The molecule has 1 fully saturated rings. The Hall–Kier alpha value is -1.13. The van der Waals surface area contributed by atoms with E-state index in [2.05, 4.69) is 0 Å². The molecule has 19 heavy (non-hydrogen) atoms. The number of benzene rings is 1. The van der Waals surface area contributed by atoms with E-state index in [9.17, 15) is 9.18 Å². The normalized spacial score (nSPS) is 23.3. The Balaban J connectivity index is 1.82. The van der Waals surface area contributed by atoms with Crippen LogP contribution < -0.4 is 0 Å². The van der Waals surface area contributed by atoms with Gasteiger partial charge in [0.25, 0.3) is 0 Å². The first-order valence-electron chi connectivity index (χ1n) is 6.34. The Morgan fingerprint density at radius 1 is 1.32 bits per heavy atom. The van der Waals surface area contributed by atoms with Crippen LogP contribution in [-0.2, 0) is 16.1 Å². The van der Waals surface area contributed by atoms with E-state index in [0.29, 0.717) is 30.0 Å². The molecule has 0 unspecified atom stereocenters. The summed E-state index contributed by atoms with van der Waals surface area (Å²) in [6.07, 6.45) is 2.81. The van der Waals surface area contributed by atoms with E-state index >= 15 is 0 Å². The number of hydrogen-bond donors (Lipinski definition) is 1. The number of aliphatic carboxylic acids is 1. The van der Waals surface area contributed by atoms with Gasteiger partial charge in [-0.15, -0.1) is 0 Å². The van der Waals surface area contributed by atoms with Crippen LogP contribution in [0.4, 0.5) is 4.39 Å². The van der Waals surface area contributed by atoms with Gasteiger partial charge in [-0.05, 0) is 49.4 Å². The summed E-state index contributed by atoms with van der Waals surface area (Å²) in [6.45, 7) is 0.305. The molecule has 1 aliphatic rings. The van der Waals surface area contributed by atoms with Gasteiger partial charge in [0.1, 0.15) is 5.82 Å². The molecule has 0 bridgehead atoms. The molecule has 104 valence electrons. The highest BCUT2D eigenvalue weighted by Crippen LogP contribution is 2.27. The first-order chi connectivity index (χ1) is 9.04. The van der Waals surface area contributed by atoms with E-state index in [1.54, 1.807) is 6.07 Å². The number of hydrogen-bond acceptors (Lipinski definition) is 2. The summed E-state index contributed by atoms with van der Waals surface area (Å²) in [4.78, 5) is 10.8. The third-order valence-electron chi connectivity index (χ3n) is 3.43. The summed E-state index contributed by atoms with van der Waals surface area (Å²) in [5.74, 6) is -1.35. The van der Waals surface area contributed by atoms with Crippen LogP contribution in [0.25, 0.3) is 0 Å². The van der Waals surface area contributed by atoms with Crippen LogP contribution in [0.3, 0.4) is 0 Å². The minimum Gasteiger partial charge on any atom is -0.481 e. The molecule has 0 radical (unpaired) electrons. The van der Waals surface area contributed by atoms with E-state index in [4.69, 9.17) is 21.4 Å². The van der Waals surface area contributed by atoms with Gasteiger partial charge in [-0.25, -0.2) is 4.39 Å². The smallest absolute Gasteiger partial charge is 0.306 e. The van der Waals surface area contributed by atoms with Gasteiger partial charge in [0, 0.05) is 5.02 Å². The van der Waals surface area contributed by atoms with E-state index in [1.165, 1.54) is 12.1 Å². The maximum absolute atomic E-state index is 13.1. The predicted molar refractivity (Wildman–Crippen MR) is 69.6 cm³/mol. The average Bonchev–Trinajstić information content (AvgIpc) is 2.36. The van der Waals surface area contributed by atoms with Crippen molar-refractivity contribution in [3.8, 4) is 0 Å². The highest BCUT2D eigenvalue weighted by atomic mass is 35.5. The van der Waals surface area contributed by atoms with Crippen molar-refractivity contribution < 1.29 is 19.0 Å². The van der Waals surface area contributed by atoms with Crippen molar-refractivity contribution in [3.63, 3.8) is 0 Å². The summed E-state index contributed by atoms with van der Waals surface area (Å²) < 4.78 is 18.8. The van der Waals surface area contributed by atoms with Gasteiger partial charge >= 0.3 is 5.97 Å². The Bertz CT molecular complexity index is 436. The van der Waals surface area contributed by atoms with Crippen molar-refractivity contribution in [2.75, 3.05) is 0 Å². The molecule has 0 heterocycles. The molecule has 1 aliphatic carbocycles. The summed E-state index contributed by atoms with van der Waals surface area (Å²) in [6, 6.07) is 4.32. The topological polar surface area (TPSA) is 46.5 Å². The molecule has 0 aliphatic heterocycles. The standard InChI is InChI=1S/C14H16ClFO3/c15-11-5-9(6-12(16)7-11)8-19-13-3-1-10(2-4-13)14(17)18/h5-7,10,13H,1-4,8H2,(H,17,18)/t10-,13-. The molecule has 0 aromatic heterocycles. The monoisotopic (exact) mass is 286 g/mol. The van der Waals surface area contributed by atoms with Crippen LogP contribution in [0, 0.1) is 11.7 Å². The Morgan fingerprint density at radius 2 is 2.00 bits per heavy atom. The molecular formula is C14H16ClFO3. The fourth-order valence-corrected chi connectivity index (χ4v) is 2.63. The molecule has 0 saturated heterocycles. The van der Waals surface area contributed by atoms with Crippen LogP contribution >= 0.6 is 11.6 Å². The zero-order valence-electron chi connectivity index (χ0n) is 10.4. The minimum absolute atomic E-state index is 0.0534. The molecule has 1 saturated carbocycles. The molecule has 1 aromatic rings. The third kappa shape index (κ3) is 4.18. The fraction of sp³-hybridized carbons (Fsp3) is 0.500. The van der Waals surface area contributed by atoms with Crippen LogP contribution in [0.1, 0.15) is 31.2 Å². The number of halogens is 2. The minimum atomic E-state index is -0.727. The maximum Gasteiger partial charge on any atom is 0.306 e. The molecule has 2 rings (SSSR count). The van der Waals surface area contributed by atoms with Gasteiger partial charge < -0.3 is 9.84 Å². The van der Waals surface area contributed by atoms with Gasteiger partial charge in [0.2, 0.25) is 0 Å². The molecule has 0 spiro atoms. The van der Waals surface area contributed by atoms with Crippen molar-refractivity contribution in [3.05, 3.63) is 34.6 Å². The average molecular weight is 287 g/mol. The fourth-order valence-electron chi connectivity index (χ4n) is 2.38. The third-order valence-corrected chi connectivity index (χ3v) is 3.65. The quantitative estimate of drug-likeness (QED) is 0.919. The van der Waals surface area contributed by atoms with Gasteiger partial charge in [-0.2, -0.15) is 0 Å². The number of ether oxygens (including phenoxy) is 1. The first-order valence-corrected chi connectivity index (χ1v) is 6.72. The molecule has 1 N–H and O–H groups in total. The lowest BCUT2D eigenvalue weighted by atomic mass is 9.87. The van der Waals surface area contributed by atoms with Crippen molar-refractivity contribution >= 4 is 17.6 Å². The second-order valence-electron chi connectivity index (χ2n) is 4.90. The van der Waals surface area contributed by atoms with Crippen LogP contribution in [0.2, 0.25) is 5.02 Å². The molecular weight excluding hydrogens is 271 g/mol. The Labute approximate surface area is 116 Å². The van der Waals surface area contributed by atoms with E-state index in [-0.39, 0.29) is 17.8 Å². The van der Waals surface area contributed by atoms with Gasteiger partial charge in [0.15, 0.2) is 0 Å². The van der Waals surface area contributed by atoms with Gasteiger partial charge in [-0.1, -0.05) is 11.6 Å². The van der Waals surface area contributed by atoms with Crippen LogP contribution in [0.15, 0.2) is 18.2 Å². The Morgan fingerprint density at radius 3 is 2.58 bits per heavy atom. The first kappa shape index (κ1) is 14.3. The zero-order valence-corrected chi connectivity index (χ0v) is 11.2. The maximum atomic E-state index is 13.1. The summed E-state index contributed by atoms with van der Waals surface area (Å²) in [7, 11) is 0. The van der Waals surface area contributed by atoms with Crippen LogP contribution in [-0.4, -0.2) is 17.2 Å². The highest BCUT2D eigenvalue weighted by Gasteiger charge is 2.26. The number of carboxylic acids is 1. The van der Waals surface area contributed by atoms with Gasteiger partial charge in [0.05, 0.1) is 18.6 Å². The highest BCUT2D eigenvalue weighted by molar-refractivity contribution is 6.30. The lowest BCUT2D eigenvalue weighted by Crippen LogP contribution is -2.25. The van der Waals surface area contributed by atoms with E-state index in [0.717, 1.165) is 12.8 Å². The lowest BCUT2D eigenvalue weighted by Gasteiger charge is -2.26. The van der Waals surface area contributed by atoms with Crippen molar-refractivity contribution in [1.82, 2.24) is 0 Å². The number of carboxylic acid groups (broad SMARTS) is 1. The number of rotatable bonds is 4. The van der Waals surface area contributed by atoms with Crippen molar-refractivity contribution in [1.29, 1.82) is 0 Å². The Kier molecular flexibility index (Phi) is 4.77. The predicted octanol–water partition coefficient (Wildman–Crippen LogP) is 3.64. The molecule has 1 aromatic carbocycles. The molecule has 0 amide bonds. The van der Waals surface area contributed by atoms with E-state index < -0.39 is 5.97 Å².